The quantitative estimate of drug-likeness (QED) is 0.143. The number of ether oxygens (including phenoxy) is 1. The van der Waals surface area contributed by atoms with Gasteiger partial charge in [0.1, 0.15) is 23.9 Å². The average molecular weight is 532 g/mol. The zero-order valence-electron chi connectivity index (χ0n) is 21.5. The predicted molar refractivity (Wildman–Crippen MR) is 132 cm³/mol. The van der Waals surface area contributed by atoms with Crippen LogP contribution < -0.4 is 26.8 Å². The van der Waals surface area contributed by atoms with Gasteiger partial charge in [-0.3, -0.25) is 19.3 Å². The van der Waals surface area contributed by atoms with Gasteiger partial charge in [0.05, 0.1) is 6.26 Å². The molecule has 15 heteroatoms. The van der Waals surface area contributed by atoms with Gasteiger partial charge in [-0.05, 0) is 46.0 Å². The molecule has 0 aliphatic rings. The van der Waals surface area contributed by atoms with E-state index in [1.54, 1.807) is 20.8 Å². The summed E-state index contributed by atoms with van der Waals surface area (Å²) in [5, 5.41) is 5.14. The molecule has 0 aromatic carbocycles. The van der Waals surface area contributed by atoms with Crippen LogP contribution in [0.2, 0.25) is 0 Å². The molecule has 0 spiro atoms. The van der Waals surface area contributed by atoms with Crippen LogP contribution in [0.3, 0.4) is 0 Å². The molecule has 14 nitrogen and oxygen atoms in total. The maximum Gasteiger partial charge on any atom is 0.408 e. The first-order chi connectivity index (χ1) is 16.5. The first kappa shape index (κ1) is 30.7. The lowest BCUT2D eigenvalue weighted by molar-refractivity contribution is -0.121. The molecule has 1 heterocycles. The van der Waals surface area contributed by atoms with Crippen molar-refractivity contribution >= 4 is 33.9 Å². The molecular formula is C21H37N7O7S. The second-order valence-corrected chi connectivity index (χ2v) is 11.4. The van der Waals surface area contributed by atoms with Crippen LogP contribution in [0.25, 0.3) is 0 Å². The van der Waals surface area contributed by atoms with E-state index in [1.807, 2.05) is 18.6 Å². The van der Waals surface area contributed by atoms with E-state index in [0.717, 1.165) is 12.5 Å². The van der Waals surface area contributed by atoms with E-state index in [-0.39, 0.29) is 42.8 Å². The zero-order valence-corrected chi connectivity index (χ0v) is 22.3. The van der Waals surface area contributed by atoms with Crippen molar-refractivity contribution in [2.24, 2.45) is 22.4 Å². The summed E-state index contributed by atoms with van der Waals surface area (Å²) in [6, 6.07) is -1.89. The number of guanidine groups is 1. The summed E-state index contributed by atoms with van der Waals surface area (Å²) in [7, 11) is -3.86. The number of aromatic nitrogens is 1. The van der Waals surface area contributed by atoms with Crippen molar-refractivity contribution in [2.75, 3.05) is 12.8 Å². The third-order valence-corrected chi connectivity index (χ3v) is 4.88. The summed E-state index contributed by atoms with van der Waals surface area (Å²) < 4.78 is 35.6. The minimum absolute atomic E-state index is 0.0464. The van der Waals surface area contributed by atoms with E-state index < -0.39 is 45.6 Å². The smallest absolute Gasteiger partial charge is 0.408 e. The first-order valence-corrected chi connectivity index (χ1v) is 13.2. The van der Waals surface area contributed by atoms with Crippen molar-refractivity contribution in [1.29, 1.82) is 0 Å². The van der Waals surface area contributed by atoms with E-state index >= 15 is 0 Å². The van der Waals surface area contributed by atoms with Crippen molar-refractivity contribution < 1.29 is 32.0 Å². The number of hydrogen-bond acceptors (Lipinski definition) is 9. The Labute approximate surface area is 211 Å². The topological polar surface area (TPSA) is 221 Å². The average Bonchev–Trinajstić information content (AvgIpc) is 3.16. The molecule has 204 valence electrons. The van der Waals surface area contributed by atoms with Crippen molar-refractivity contribution in [3.05, 3.63) is 17.8 Å². The fourth-order valence-corrected chi connectivity index (χ4v) is 3.46. The molecule has 0 saturated carbocycles. The number of nitrogens with zero attached hydrogens (tertiary/aromatic N) is 2. The van der Waals surface area contributed by atoms with Gasteiger partial charge >= 0.3 is 6.09 Å². The Hall–Kier alpha value is -3.36. The lowest BCUT2D eigenvalue weighted by Crippen LogP contribution is -2.48. The van der Waals surface area contributed by atoms with Crippen LogP contribution in [0.15, 0.2) is 15.7 Å². The van der Waals surface area contributed by atoms with Crippen molar-refractivity contribution in [2.45, 2.75) is 71.6 Å². The Balaban J connectivity index is 3.02. The summed E-state index contributed by atoms with van der Waals surface area (Å²) in [6.07, 6.45) is 2.01. The van der Waals surface area contributed by atoms with E-state index in [4.69, 9.17) is 20.6 Å². The molecule has 0 aliphatic heterocycles. The van der Waals surface area contributed by atoms with Gasteiger partial charge in [-0.25, -0.2) is 18.2 Å². The Morgan fingerprint density at radius 3 is 2.36 bits per heavy atom. The van der Waals surface area contributed by atoms with Crippen LogP contribution in [-0.2, 0) is 19.6 Å². The molecule has 7 N–H and O–H groups in total. The molecule has 0 unspecified atom stereocenters. The standard InChI is InChI=1S/C21H37N7O7S/c1-12(2)10-14(27-20(31)35-21(3,4)5)18-26-15(11-34-18)16(29)25-13(8-7-9-24-19(22)23)17(30)28-36(6,32)33/h11-14H,7-10H2,1-6H3,(H,25,29)(H,27,31)(H,28,30)(H4,22,23,24)/t13-,14-/m0/s1. The number of amides is 3. The fourth-order valence-electron chi connectivity index (χ4n) is 2.95. The van der Waals surface area contributed by atoms with Crippen LogP contribution in [-0.4, -0.2) is 61.7 Å². The van der Waals surface area contributed by atoms with Crippen molar-refractivity contribution in [3.63, 3.8) is 0 Å². The number of carbonyl (C=O) groups is 3. The van der Waals surface area contributed by atoms with E-state index in [2.05, 4.69) is 20.6 Å². The van der Waals surface area contributed by atoms with Crippen molar-refractivity contribution in [3.8, 4) is 0 Å². The molecule has 1 rings (SSSR count). The highest BCUT2D eigenvalue weighted by Gasteiger charge is 2.28. The normalized spacial score (nSPS) is 13.4. The fraction of sp³-hybridized carbons (Fsp3) is 0.667. The molecule has 0 bridgehead atoms. The Bertz CT molecular complexity index is 1040. The number of alkyl carbamates (subject to hydrolysis) is 1. The molecule has 0 fully saturated rings. The van der Waals surface area contributed by atoms with Crippen LogP contribution in [0.1, 0.15) is 76.3 Å². The van der Waals surface area contributed by atoms with Gasteiger partial charge in [0.2, 0.25) is 15.9 Å². The number of hydrogen-bond donors (Lipinski definition) is 5. The van der Waals surface area contributed by atoms with Gasteiger partial charge in [0, 0.05) is 6.54 Å². The van der Waals surface area contributed by atoms with Gasteiger partial charge < -0.3 is 31.3 Å². The summed E-state index contributed by atoms with van der Waals surface area (Å²) >= 11 is 0. The molecule has 1 aromatic rings. The summed E-state index contributed by atoms with van der Waals surface area (Å²) in [5.41, 5.74) is 9.67. The van der Waals surface area contributed by atoms with E-state index in [1.165, 1.54) is 0 Å². The number of oxazole rings is 1. The minimum atomic E-state index is -3.86. The number of sulfonamides is 1. The van der Waals surface area contributed by atoms with Crippen LogP contribution in [0, 0.1) is 5.92 Å². The molecule has 1 aromatic heterocycles. The largest absolute Gasteiger partial charge is 0.446 e. The van der Waals surface area contributed by atoms with Crippen LogP contribution in [0.5, 0.6) is 0 Å². The second-order valence-electron chi connectivity index (χ2n) is 9.61. The number of aliphatic imine (C=N–C) groups is 1. The Morgan fingerprint density at radius 2 is 1.83 bits per heavy atom. The number of nitrogens with two attached hydrogens (primary N) is 2. The summed E-state index contributed by atoms with van der Waals surface area (Å²) in [4.78, 5) is 45.4. The Morgan fingerprint density at radius 1 is 1.19 bits per heavy atom. The zero-order chi connectivity index (χ0) is 27.7. The maximum absolute atomic E-state index is 12.8. The van der Waals surface area contributed by atoms with Gasteiger partial charge in [-0.2, -0.15) is 0 Å². The Kier molecular flexibility index (Phi) is 11.2. The molecule has 0 aliphatic carbocycles. The van der Waals surface area contributed by atoms with Gasteiger partial charge in [-0.1, -0.05) is 13.8 Å². The monoisotopic (exact) mass is 531 g/mol. The van der Waals surface area contributed by atoms with Gasteiger partial charge in [-0.15, -0.1) is 0 Å². The lowest BCUT2D eigenvalue weighted by atomic mass is 10.0. The highest BCUT2D eigenvalue weighted by molar-refractivity contribution is 7.89. The molecule has 0 saturated heterocycles. The summed E-state index contributed by atoms with van der Waals surface area (Å²) in [6.45, 7) is 9.23. The highest BCUT2D eigenvalue weighted by Crippen LogP contribution is 2.22. The van der Waals surface area contributed by atoms with Crippen LogP contribution >= 0.6 is 0 Å². The number of carbonyl (C=O) groups excluding carboxylic acids is 3. The third-order valence-electron chi connectivity index (χ3n) is 4.30. The molecular weight excluding hydrogens is 494 g/mol. The second kappa shape index (κ2) is 13.1. The molecule has 0 radical (unpaired) electrons. The van der Waals surface area contributed by atoms with E-state index in [9.17, 15) is 22.8 Å². The molecule has 2 atom stereocenters. The van der Waals surface area contributed by atoms with Crippen molar-refractivity contribution in [1.82, 2.24) is 20.3 Å². The minimum Gasteiger partial charge on any atom is -0.446 e. The first-order valence-electron chi connectivity index (χ1n) is 11.3. The number of nitrogens with one attached hydrogen (secondary N) is 3. The number of rotatable bonds is 12. The maximum atomic E-state index is 12.8. The summed E-state index contributed by atoms with van der Waals surface area (Å²) in [5.74, 6) is -1.63. The van der Waals surface area contributed by atoms with Gasteiger partial charge in [0.25, 0.3) is 11.8 Å². The highest BCUT2D eigenvalue weighted by atomic mass is 32.2. The molecule has 36 heavy (non-hydrogen) atoms. The SMILES string of the molecule is CC(C)C[C@H](NC(=O)OC(C)(C)C)c1nc(C(=O)N[C@@H](CCCN=C(N)N)C(=O)NS(C)(=O)=O)co1. The predicted octanol–water partition coefficient (Wildman–Crippen LogP) is 0.514. The van der Waals surface area contributed by atoms with Gasteiger partial charge in [0.15, 0.2) is 11.7 Å². The van der Waals surface area contributed by atoms with E-state index in [0.29, 0.717) is 6.42 Å². The third kappa shape index (κ3) is 12.4. The van der Waals surface area contributed by atoms with Crippen LogP contribution in [0.4, 0.5) is 4.79 Å². The lowest BCUT2D eigenvalue weighted by Gasteiger charge is -2.23. The molecule has 3 amide bonds.